The average molecular weight is 355 g/mol. The molecule has 2 rings (SSSR count). The maximum absolute atomic E-state index is 12.3. The fraction of sp³-hybridized carbons (Fsp3) is 0.556. The number of methoxy groups -OCH3 is 1. The summed E-state index contributed by atoms with van der Waals surface area (Å²) in [5.41, 5.74) is -0.0679. The smallest absolute Gasteiger partial charge is 0.345 e. The van der Waals surface area contributed by atoms with Gasteiger partial charge in [0.25, 0.3) is 0 Å². The lowest BCUT2D eigenvalue weighted by atomic mass is 9.78. The van der Waals surface area contributed by atoms with E-state index in [2.05, 4.69) is 0 Å². The minimum Gasteiger partial charge on any atom is -0.391 e. The molecule has 1 N–H and O–H groups in total. The summed E-state index contributed by atoms with van der Waals surface area (Å²) in [6.07, 6.45) is 2.10. The molecule has 0 saturated heterocycles. The van der Waals surface area contributed by atoms with Crippen LogP contribution >= 0.6 is 11.6 Å². The molecule has 1 fully saturated rings. The van der Waals surface area contributed by atoms with Crippen molar-refractivity contribution in [1.29, 1.82) is 0 Å². The number of halogens is 1. The van der Waals surface area contributed by atoms with Crippen LogP contribution in [0.25, 0.3) is 0 Å². The molecular formula is C18H23ClO5. The van der Waals surface area contributed by atoms with Crippen molar-refractivity contribution in [3.05, 3.63) is 35.4 Å². The number of alkyl halides is 1. The summed E-state index contributed by atoms with van der Waals surface area (Å²) in [5, 5.41) is 10.5. The average Bonchev–Trinajstić information content (AvgIpc) is 2.55. The molecule has 0 heterocycles. The summed E-state index contributed by atoms with van der Waals surface area (Å²) in [6, 6.07) is 7.22. The van der Waals surface area contributed by atoms with Gasteiger partial charge in [-0.15, -0.1) is 11.6 Å². The van der Waals surface area contributed by atoms with Gasteiger partial charge in [-0.3, -0.25) is 4.79 Å². The lowest BCUT2D eigenvalue weighted by Gasteiger charge is -2.34. The summed E-state index contributed by atoms with van der Waals surface area (Å²) >= 11 is 5.84. The van der Waals surface area contributed by atoms with Gasteiger partial charge in [-0.25, -0.2) is 4.79 Å². The second-order valence-corrected chi connectivity index (χ2v) is 6.56. The summed E-state index contributed by atoms with van der Waals surface area (Å²) in [7, 11) is 1.59. The molecule has 132 valence electrons. The Morgan fingerprint density at radius 3 is 2.71 bits per heavy atom. The molecule has 0 bridgehead atoms. The van der Waals surface area contributed by atoms with Gasteiger partial charge in [-0.05, 0) is 42.7 Å². The van der Waals surface area contributed by atoms with Crippen LogP contribution in [0.1, 0.15) is 36.8 Å². The first kappa shape index (κ1) is 18.9. The highest BCUT2D eigenvalue weighted by molar-refractivity contribution is 6.17. The molecule has 24 heavy (non-hydrogen) atoms. The molecule has 1 aromatic carbocycles. The van der Waals surface area contributed by atoms with Crippen LogP contribution < -0.4 is 0 Å². The molecule has 0 radical (unpaired) electrons. The molecule has 0 aromatic heterocycles. The van der Waals surface area contributed by atoms with E-state index in [4.69, 9.17) is 21.1 Å². The molecule has 1 aliphatic carbocycles. The highest BCUT2D eigenvalue weighted by Crippen LogP contribution is 2.33. The monoisotopic (exact) mass is 354 g/mol. The number of hydrogen-bond donors (Lipinski definition) is 1. The quantitative estimate of drug-likeness (QED) is 0.483. The van der Waals surface area contributed by atoms with E-state index in [9.17, 15) is 14.7 Å². The molecule has 1 saturated carbocycles. The number of ether oxygens (including phenoxy) is 2. The molecule has 2 unspecified atom stereocenters. The third kappa shape index (κ3) is 4.79. The maximum atomic E-state index is 12.3. The van der Waals surface area contributed by atoms with Gasteiger partial charge in [0, 0.05) is 19.6 Å². The summed E-state index contributed by atoms with van der Waals surface area (Å²) in [5.74, 6) is -1.18. The van der Waals surface area contributed by atoms with Gasteiger partial charge >= 0.3 is 11.9 Å². The van der Waals surface area contributed by atoms with Crippen LogP contribution in [0.2, 0.25) is 0 Å². The first-order valence-corrected chi connectivity index (χ1v) is 8.61. The van der Waals surface area contributed by atoms with Crippen molar-refractivity contribution in [3.8, 4) is 0 Å². The van der Waals surface area contributed by atoms with Crippen LogP contribution in [0.15, 0.2) is 24.3 Å². The molecular weight excluding hydrogens is 332 g/mol. The minimum atomic E-state index is -1.61. The number of carbonyl (C=O) groups excluding carboxylic acids is 2. The number of benzene rings is 1. The van der Waals surface area contributed by atoms with Gasteiger partial charge < -0.3 is 14.6 Å². The van der Waals surface area contributed by atoms with Gasteiger partial charge in [0.15, 0.2) is 5.60 Å². The Labute approximate surface area is 146 Å². The summed E-state index contributed by atoms with van der Waals surface area (Å²) in [4.78, 5) is 24.3. The number of carbonyl (C=O) groups is 2. The Hall–Kier alpha value is -1.43. The zero-order valence-corrected chi connectivity index (χ0v) is 14.6. The van der Waals surface area contributed by atoms with E-state index in [0.29, 0.717) is 19.4 Å². The van der Waals surface area contributed by atoms with E-state index >= 15 is 0 Å². The summed E-state index contributed by atoms with van der Waals surface area (Å²) in [6.45, 7) is 0.479. The highest BCUT2D eigenvalue weighted by atomic mass is 35.5. The minimum absolute atomic E-state index is 0.0494. The third-order valence-corrected chi connectivity index (χ3v) is 4.70. The number of esters is 2. The lowest BCUT2D eigenvalue weighted by Crippen LogP contribution is -2.46. The fourth-order valence-electron chi connectivity index (χ4n) is 3.18. The van der Waals surface area contributed by atoms with Crippen LogP contribution in [0.5, 0.6) is 0 Å². The fourth-order valence-corrected chi connectivity index (χ4v) is 3.44. The largest absolute Gasteiger partial charge is 0.391 e. The molecule has 1 aliphatic rings. The Morgan fingerprint density at radius 2 is 2.04 bits per heavy atom. The molecule has 6 heteroatoms. The SMILES string of the molecule is COCC1CCCC(O)(C(=O)OC(=O)Cc2ccccc2CCl)C1. The molecule has 2 atom stereocenters. The molecule has 5 nitrogen and oxygen atoms in total. The van der Waals surface area contributed by atoms with Gasteiger partial charge in [-0.2, -0.15) is 0 Å². The Kier molecular flexibility index (Phi) is 6.78. The third-order valence-electron chi connectivity index (χ3n) is 4.42. The van der Waals surface area contributed by atoms with Crippen molar-refractivity contribution in [3.63, 3.8) is 0 Å². The van der Waals surface area contributed by atoms with Gasteiger partial charge in [0.1, 0.15) is 0 Å². The van der Waals surface area contributed by atoms with Crippen molar-refractivity contribution >= 4 is 23.5 Å². The zero-order chi connectivity index (χ0) is 17.6. The Morgan fingerprint density at radius 1 is 1.33 bits per heavy atom. The van der Waals surface area contributed by atoms with Crippen LogP contribution in [0.3, 0.4) is 0 Å². The first-order valence-electron chi connectivity index (χ1n) is 8.07. The van der Waals surface area contributed by atoms with E-state index in [1.807, 2.05) is 12.1 Å². The normalized spacial score (nSPS) is 23.7. The number of rotatable bonds is 6. The zero-order valence-electron chi connectivity index (χ0n) is 13.8. The predicted octanol–water partition coefficient (Wildman–Crippen LogP) is 2.61. The van der Waals surface area contributed by atoms with E-state index in [0.717, 1.165) is 17.5 Å². The second-order valence-electron chi connectivity index (χ2n) is 6.29. The van der Waals surface area contributed by atoms with E-state index in [1.165, 1.54) is 0 Å². The first-order chi connectivity index (χ1) is 11.5. The second kappa shape index (κ2) is 8.60. The van der Waals surface area contributed by atoms with Crippen molar-refractivity contribution in [2.75, 3.05) is 13.7 Å². The van der Waals surface area contributed by atoms with Crippen molar-refractivity contribution in [2.45, 2.75) is 43.6 Å². The highest BCUT2D eigenvalue weighted by Gasteiger charge is 2.43. The Bertz CT molecular complexity index is 587. The Balaban J connectivity index is 1.96. The van der Waals surface area contributed by atoms with Crippen LogP contribution in [-0.4, -0.2) is 36.4 Å². The number of aliphatic hydroxyl groups is 1. The molecule has 0 aliphatic heterocycles. The van der Waals surface area contributed by atoms with Crippen molar-refractivity contribution in [2.24, 2.45) is 5.92 Å². The van der Waals surface area contributed by atoms with E-state index < -0.39 is 17.5 Å². The topological polar surface area (TPSA) is 72.8 Å². The van der Waals surface area contributed by atoms with Crippen LogP contribution in [0, 0.1) is 5.92 Å². The molecule has 1 aromatic rings. The van der Waals surface area contributed by atoms with E-state index in [1.54, 1.807) is 19.2 Å². The molecule has 0 spiro atoms. The van der Waals surface area contributed by atoms with Crippen molar-refractivity contribution < 1.29 is 24.2 Å². The van der Waals surface area contributed by atoms with Gasteiger partial charge in [-0.1, -0.05) is 24.3 Å². The molecule has 0 amide bonds. The lowest BCUT2D eigenvalue weighted by molar-refractivity contribution is -0.178. The van der Waals surface area contributed by atoms with E-state index in [-0.39, 0.29) is 24.6 Å². The van der Waals surface area contributed by atoms with Crippen LogP contribution in [0.4, 0.5) is 0 Å². The van der Waals surface area contributed by atoms with Gasteiger partial charge in [0.2, 0.25) is 0 Å². The maximum Gasteiger partial charge on any atom is 0.345 e. The standard InChI is InChI=1S/C18H23ClO5/c1-23-12-13-5-4-8-18(22,10-13)17(21)24-16(20)9-14-6-2-3-7-15(14)11-19/h2-3,6-7,13,22H,4-5,8-12H2,1H3. The van der Waals surface area contributed by atoms with Gasteiger partial charge in [0.05, 0.1) is 6.42 Å². The predicted molar refractivity (Wildman–Crippen MR) is 89.6 cm³/mol. The number of hydrogen-bond acceptors (Lipinski definition) is 5. The van der Waals surface area contributed by atoms with Crippen molar-refractivity contribution in [1.82, 2.24) is 0 Å². The van der Waals surface area contributed by atoms with Crippen LogP contribution in [-0.2, 0) is 31.4 Å². The summed E-state index contributed by atoms with van der Waals surface area (Å²) < 4.78 is 10.0.